The summed E-state index contributed by atoms with van der Waals surface area (Å²) >= 11 is 0. The SMILES string of the molecule is O=C(Cc1ccc(Nc2ccnc3cc(OCCN4CCOCC4)ncc23)c(F)c1)c1cccn(-c2ccc(F)cc2)c1=O. The van der Waals surface area contributed by atoms with E-state index in [1.807, 2.05) is 0 Å². The number of ketones is 1. The molecule has 1 aliphatic rings. The van der Waals surface area contributed by atoms with E-state index in [1.165, 1.54) is 47.2 Å². The minimum absolute atomic E-state index is 0.0420. The van der Waals surface area contributed by atoms with Gasteiger partial charge in [0.15, 0.2) is 5.78 Å². The molecule has 224 valence electrons. The number of halogens is 2. The minimum atomic E-state index is -0.562. The Morgan fingerprint density at radius 2 is 1.80 bits per heavy atom. The van der Waals surface area contributed by atoms with Gasteiger partial charge in [-0.1, -0.05) is 6.07 Å². The molecule has 1 aliphatic heterocycles. The van der Waals surface area contributed by atoms with Crippen LogP contribution in [0.2, 0.25) is 0 Å². The second-order valence-corrected chi connectivity index (χ2v) is 10.3. The molecule has 0 saturated carbocycles. The fourth-order valence-corrected chi connectivity index (χ4v) is 5.02. The van der Waals surface area contributed by atoms with Crippen LogP contribution in [-0.4, -0.2) is 64.7 Å². The van der Waals surface area contributed by atoms with Gasteiger partial charge in [0.05, 0.1) is 35.7 Å². The van der Waals surface area contributed by atoms with Gasteiger partial charge < -0.3 is 14.8 Å². The highest BCUT2D eigenvalue weighted by atomic mass is 19.1. The lowest BCUT2D eigenvalue weighted by Crippen LogP contribution is -2.38. The first kappa shape index (κ1) is 29.1. The zero-order valence-corrected chi connectivity index (χ0v) is 23.7. The molecular weight excluding hydrogens is 568 g/mol. The van der Waals surface area contributed by atoms with Crippen LogP contribution in [0, 0.1) is 11.6 Å². The lowest BCUT2D eigenvalue weighted by Gasteiger charge is -2.26. The second-order valence-electron chi connectivity index (χ2n) is 10.3. The molecule has 0 unspecified atom stereocenters. The summed E-state index contributed by atoms with van der Waals surface area (Å²) in [6.45, 7) is 4.48. The van der Waals surface area contributed by atoms with Crippen LogP contribution in [0.3, 0.4) is 0 Å². The third kappa shape index (κ3) is 6.64. The molecule has 3 aromatic heterocycles. The third-order valence-corrected chi connectivity index (χ3v) is 7.38. The van der Waals surface area contributed by atoms with E-state index in [4.69, 9.17) is 9.47 Å². The van der Waals surface area contributed by atoms with Crippen molar-refractivity contribution in [3.63, 3.8) is 0 Å². The number of nitrogens with zero attached hydrogens (tertiary/aromatic N) is 4. The number of fused-ring (bicyclic) bond motifs is 1. The molecule has 1 N–H and O–H groups in total. The number of carbonyl (C=O) groups is 1. The minimum Gasteiger partial charge on any atom is -0.476 e. The maximum absolute atomic E-state index is 15.2. The predicted molar refractivity (Wildman–Crippen MR) is 162 cm³/mol. The average Bonchev–Trinajstić information content (AvgIpc) is 3.03. The molecule has 4 heterocycles. The van der Waals surface area contributed by atoms with Crippen LogP contribution in [0.4, 0.5) is 20.2 Å². The zero-order valence-electron chi connectivity index (χ0n) is 23.7. The molecular formula is C33H29F2N5O4. The number of hydrogen-bond acceptors (Lipinski definition) is 8. The van der Waals surface area contributed by atoms with Gasteiger partial charge in [-0.05, 0) is 60.2 Å². The molecule has 0 radical (unpaired) electrons. The number of ether oxygens (including phenoxy) is 2. The summed E-state index contributed by atoms with van der Waals surface area (Å²) in [5.74, 6) is -0.996. The van der Waals surface area contributed by atoms with E-state index in [0.717, 1.165) is 32.8 Å². The molecule has 9 nitrogen and oxygen atoms in total. The summed E-state index contributed by atoms with van der Waals surface area (Å²) < 4.78 is 41.0. The molecule has 11 heteroatoms. The second kappa shape index (κ2) is 13.1. The van der Waals surface area contributed by atoms with E-state index >= 15 is 4.39 Å². The van der Waals surface area contributed by atoms with Crippen molar-refractivity contribution >= 4 is 28.1 Å². The summed E-state index contributed by atoms with van der Waals surface area (Å²) in [4.78, 5) is 37.1. The number of pyridine rings is 3. The van der Waals surface area contributed by atoms with Crippen LogP contribution < -0.4 is 15.6 Å². The number of carbonyl (C=O) groups excluding carboxylic acids is 1. The summed E-state index contributed by atoms with van der Waals surface area (Å²) in [6, 6.07) is 16.3. The fraction of sp³-hybridized carbons (Fsp3) is 0.212. The van der Waals surface area contributed by atoms with Gasteiger partial charge in [-0.25, -0.2) is 13.8 Å². The van der Waals surface area contributed by atoms with Gasteiger partial charge in [-0.2, -0.15) is 0 Å². The van der Waals surface area contributed by atoms with Crippen LogP contribution in [0.25, 0.3) is 16.6 Å². The monoisotopic (exact) mass is 597 g/mol. The Hall–Kier alpha value is -5.00. The first-order valence-corrected chi connectivity index (χ1v) is 14.2. The Morgan fingerprint density at radius 3 is 2.59 bits per heavy atom. The predicted octanol–water partition coefficient (Wildman–Crippen LogP) is 4.94. The first-order chi connectivity index (χ1) is 21.4. The van der Waals surface area contributed by atoms with E-state index in [1.54, 1.807) is 42.7 Å². The molecule has 6 rings (SSSR count). The number of rotatable bonds is 10. The molecule has 44 heavy (non-hydrogen) atoms. The number of aromatic nitrogens is 3. The molecule has 1 fully saturated rings. The summed E-state index contributed by atoms with van der Waals surface area (Å²) in [6.07, 6.45) is 4.59. The van der Waals surface area contributed by atoms with Crippen molar-refractivity contribution < 1.29 is 23.0 Å². The van der Waals surface area contributed by atoms with Gasteiger partial charge >= 0.3 is 0 Å². The number of anilines is 2. The molecule has 1 saturated heterocycles. The van der Waals surface area contributed by atoms with Crippen LogP contribution in [0.15, 0.2) is 90.1 Å². The molecule has 2 aromatic carbocycles. The fourth-order valence-electron chi connectivity index (χ4n) is 5.02. The maximum atomic E-state index is 15.2. The van der Waals surface area contributed by atoms with Gasteiger partial charge in [0.1, 0.15) is 18.2 Å². The highest BCUT2D eigenvalue weighted by Gasteiger charge is 2.16. The van der Waals surface area contributed by atoms with E-state index in [-0.39, 0.29) is 17.7 Å². The van der Waals surface area contributed by atoms with E-state index in [0.29, 0.717) is 40.3 Å². The van der Waals surface area contributed by atoms with Crippen molar-refractivity contribution in [3.05, 3.63) is 118 Å². The molecule has 5 aromatic rings. The highest BCUT2D eigenvalue weighted by Crippen LogP contribution is 2.28. The van der Waals surface area contributed by atoms with Gasteiger partial charge in [-0.15, -0.1) is 0 Å². The van der Waals surface area contributed by atoms with Crippen molar-refractivity contribution in [1.82, 2.24) is 19.4 Å². The Labute approximate surface area is 251 Å². The lowest BCUT2D eigenvalue weighted by molar-refractivity contribution is 0.0320. The van der Waals surface area contributed by atoms with Crippen LogP contribution in [0.5, 0.6) is 5.88 Å². The summed E-state index contributed by atoms with van der Waals surface area (Å²) in [5, 5.41) is 3.78. The van der Waals surface area contributed by atoms with Crippen LogP contribution in [0.1, 0.15) is 15.9 Å². The van der Waals surface area contributed by atoms with E-state index < -0.39 is 23.0 Å². The summed E-state index contributed by atoms with van der Waals surface area (Å²) in [7, 11) is 0. The van der Waals surface area contributed by atoms with E-state index in [2.05, 4.69) is 20.2 Å². The van der Waals surface area contributed by atoms with Crippen molar-refractivity contribution in [2.75, 3.05) is 44.8 Å². The van der Waals surface area contributed by atoms with Crippen LogP contribution in [-0.2, 0) is 11.2 Å². The highest BCUT2D eigenvalue weighted by molar-refractivity contribution is 5.97. The molecule has 0 bridgehead atoms. The van der Waals surface area contributed by atoms with Gasteiger partial charge in [0.25, 0.3) is 5.56 Å². The van der Waals surface area contributed by atoms with Crippen molar-refractivity contribution in [2.24, 2.45) is 0 Å². The van der Waals surface area contributed by atoms with Gasteiger partial charge in [-0.3, -0.25) is 24.0 Å². The summed E-state index contributed by atoms with van der Waals surface area (Å²) in [5.41, 5.74) is 1.72. The Balaban J connectivity index is 1.13. The van der Waals surface area contributed by atoms with Crippen molar-refractivity contribution in [1.29, 1.82) is 0 Å². The zero-order chi connectivity index (χ0) is 30.5. The number of benzene rings is 2. The molecule has 0 amide bonds. The Bertz CT molecular complexity index is 1860. The first-order valence-electron chi connectivity index (χ1n) is 14.2. The number of hydrogen-bond donors (Lipinski definition) is 1. The maximum Gasteiger partial charge on any atom is 0.265 e. The largest absolute Gasteiger partial charge is 0.476 e. The molecule has 0 atom stereocenters. The standard InChI is InChI=1S/C33H29F2N5O4/c34-23-4-6-24(7-5-23)40-11-1-2-25(33(40)42)31(41)19-22-3-8-29(27(35)18-22)38-28-9-10-36-30-20-32(37-21-26(28)30)44-17-14-39-12-15-43-16-13-39/h1-11,18,20-21H,12-17,19H2,(H,36,38). The molecule has 0 spiro atoms. The smallest absolute Gasteiger partial charge is 0.265 e. The third-order valence-electron chi connectivity index (χ3n) is 7.38. The quantitative estimate of drug-likeness (QED) is 0.226. The normalized spacial score (nSPS) is 13.6. The Morgan fingerprint density at radius 1 is 0.977 bits per heavy atom. The van der Waals surface area contributed by atoms with Gasteiger partial charge in [0, 0.05) is 61.8 Å². The number of Topliss-reactive ketones (excluding diaryl/α,β-unsaturated/α-hetero) is 1. The van der Waals surface area contributed by atoms with Crippen molar-refractivity contribution in [3.8, 4) is 11.6 Å². The average molecular weight is 598 g/mol. The lowest BCUT2D eigenvalue weighted by atomic mass is 10.0. The Kier molecular flexibility index (Phi) is 8.67. The van der Waals surface area contributed by atoms with E-state index in [9.17, 15) is 14.0 Å². The number of morpholine rings is 1. The van der Waals surface area contributed by atoms with Crippen LogP contribution >= 0.6 is 0 Å². The topological polar surface area (TPSA) is 98.6 Å². The molecule has 0 aliphatic carbocycles. The van der Waals surface area contributed by atoms with Crippen molar-refractivity contribution in [2.45, 2.75) is 6.42 Å². The van der Waals surface area contributed by atoms with Gasteiger partial charge in [0.2, 0.25) is 5.88 Å². The number of nitrogens with one attached hydrogen (secondary N) is 1.